The number of para-hydroxylation sites is 1. The van der Waals surface area contributed by atoms with Crippen molar-refractivity contribution in [3.05, 3.63) is 65.6 Å². The van der Waals surface area contributed by atoms with Crippen LogP contribution in [0.15, 0.2) is 53.4 Å². The number of nitrogens with zero attached hydrogens (tertiary/aromatic N) is 2. The minimum atomic E-state index is -0.723. The normalized spacial score (nSPS) is 15.2. The first-order chi connectivity index (χ1) is 15.5. The fourth-order valence-electron chi connectivity index (χ4n) is 3.85. The zero-order valence-electron chi connectivity index (χ0n) is 18.8. The van der Waals surface area contributed by atoms with Crippen LogP contribution in [0.5, 0.6) is 0 Å². The van der Waals surface area contributed by atoms with Gasteiger partial charge in [-0.1, -0.05) is 44.0 Å². The SMILES string of the molecule is CCCCCC(=O)c1cc2c(cc1F)SC[C@H](N)C(=O)N2Cc1ccc2ccccc2n1.Cl.Cl. The molecule has 5 nitrogen and oxygen atoms in total. The summed E-state index contributed by atoms with van der Waals surface area (Å²) in [6, 6.07) is 13.7. The Kier molecular flexibility index (Phi) is 10.3. The van der Waals surface area contributed by atoms with Gasteiger partial charge >= 0.3 is 0 Å². The van der Waals surface area contributed by atoms with E-state index in [2.05, 4.69) is 11.9 Å². The molecule has 0 aliphatic carbocycles. The number of halogens is 3. The first kappa shape index (κ1) is 28.1. The molecular formula is C25H28Cl2FN3O2S. The number of ketones is 1. The summed E-state index contributed by atoms with van der Waals surface area (Å²) in [6.07, 6.45) is 2.91. The van der Waals surface area contributed by atoms with Crippen molar-refractivity contribution < 1.29 is 14.0 Å². The van der Waals surface area contributed by atoms with Gasteiger partial charge in [-0.15, -0.1) is 36.6 Å². The number of fused-ring (bicyclic) bond motifs is 2. The molecule has 0 spiro atoms. The summed E-state index contributed by atoms with van der Waals surface area (Å²) < 4.78 is 14.8. The van der Waals surface area contributed by atoms with Crippen LogP contribution in [0.3, 0.4) is 0 Å². The second-order valence-electron chi connectivity index (χ2n) is 8.02. The van der Waals surface area contributed by atoms with Crippen LogP contribution in [-0.4, -0.2) is 28.5 Å². The molecule has 2 aromatic carbocycles. The largest absolute Gasteiger partial charge is 0.319 e. The van der Waals surface area contributed by atoms with Gasteiger partial charge in [0.25, 0.3) is 0 Å². The number of carbonyl (C=O) groups is 2. The molecule has 0 saturated carbocycles. The highest BCUT2D eigenvalue weighted by Crippen LogP contribution is 2.37. The maximum atomic E-state index is 14.8. The first-order valence-corrected chi connectivity index (χ1v) is 11.9. The lowest BCUT2D eigenvalue weighted by Crippen LogP contribution is -2.44. The third-order valence-corrected chi connectivity index (χ3v) is 6.79. The summed E-state index contributed by atoms with van der Waals surface area (Å²) in [7, 11) is 0. The van der Waals surface area contributed by atoms with Crippen LogP contribution >= 0.6 is 36.6 Å². The Hall–Kier alpha value is -2.19. The number of hydrogen-bond acceptors (Lipinski definition) is 5. The predicted octanol–water partition coefficient (Wildman–Crippen LogP) is 5.95. The van der Waals surface area contributed by atoms with Gasteiger partial charge in [0.1, 0.15) is 5.82 Å². The lowest BCUT2D eigenvalue weighted by Gasteiger charge is -2.25. The van der Waals surface area contributed by atoms with E-state index in [1.54, 1.807) is 4.90 Å². The van der Waals surface area contributed by atoms with Gasteiger partial charge in [0.2, 0.25) is 5.91 Å². The minimum absolute atomic E-state index is 0. The lowest BCUT2D eigenvalue weighted by atomic mass is 10.0. The van der Waals surface area contributed by atoms with Gasteiger partial charge in [-0.25, -0.2) is 4.39 Å². The van der Waals surface area contributed by atoms with Crippen molar-refractivity contribution in [2.24, 2.45) is 5.73 Å². The molecule has 0 saturated heterocycles. The Morgan fingerprint density at radius 3 is 2.71 bits per heavy atom. The van der Waals surface area contributed by atoms with Crippen LogP contribution in [0.25, 0.3) is 10.9 Å². The van der Waals surface area contributed by atoms with Crippen molar-refractivity contribution in [1.29, 1.82) is 0 Å². The Labute approximate surface area is 215 Å². The maximum absolute atomic E-state index is 14.8. The summed E-state index contributed by atoms with van der Waals surface area (Å²) in [5, 5.41) is 1.01. The molecule has 9 heteroatoms. The second kappa shape index (κ2) is 12.5. The van der Waals surface area contributed by atoms with E-state index in [1.165, 1.54) is 23.9 Å². The van der Waals surface area contributed by atoms with Crippen molar-refractivity contribution in [3.8, 4) is 0 Å². The monoisotopic (exact) mass is 523 g/mol. The van der Waals surface area contributed by atoms with Gasteiger partial charge in [0, 0.05) is 22.5 Å². The quantitative estimate of drug-likeness (QED) is 0.306. The molecule has 0 unspecified atom stereocenters. The highest BCUT2D eigenvalue weighted by molar-refractivity contribution is 7.99. The van der Waals surface area contributed by atoms with Crippen LogP contribution in [-0.2, 0) is 11.3 Å². The van der Waals surface area contributed by atoms with E-state index in [-0.39, 0.29) is 55.0 Å². The summed E-state index contributed by atoms with van der Waals surface area (Å²) >= 11 is 1.34. The van der Waals surface area contributed by atoms with E-state index in [0.29, 0.717) is 22.0 Å². The third-order valence-electron chi connectivity index (χ3n) is 5.63. The van der Waals surface area contributed by atoms with Crippen LogP contribution in [0, 0.1) is 5.82 Å². The zero-order valence-corrected chi connectivity index (χ0v) is 21.3. The number of unbranched alkanes of at least 4 members (excludes halogenated alkanes) is 2. The van der Waals surface area contributed by atoms with E-state index in [4.69, 9.17) is 5.73 Å². The third kappa shape index (κ3) is 6.08. The molecule has 3 aromatic rings. The molecule has 1 aliphatic heterocycles. The molecule has 4 rings (SSSR count). The van der Waals surface area contributed by atoms with E-state index >= 15 is 0 Å². The van der Waals surface area contributed by atoms with Crippen molar-refractivity contribution in [1.82, 2.24) is 4.98 Å². The highest BCUT2D eigenvalue weighted by Gasteiger charge is 2.30. The molecule has 34 heavy (non-hydrogen) atoms. The number of thioether (sulfide) groups is 1. The summed E-state index contributed by atoms with van der Waals surface area (Å²) in [5.74, 6) is -0.711. The molecule has 2 heterocycles. The molecule has 0 bridgehead atoms. The van der Waals surface area contributed by atoms with Crippen LogP contribution in [0.1, 0.15) is 48.7 Å². The van der Waals surface area contributed by atoms with E-state index in [1.807, 2.05) is 36.4 Å². The molecule has 1 amide bonds. The van der Waals surface area contributed by atoms with Gasteiger partial charge in [-0.05, 0) is 30.7 Å². The number of pyridine rings is 1. The number of amides is 1. The van der Waals surface area contributed by atoms with Crippen LogP contribution < -0.4 is 10.6 Å². The molecule has 0 radical (unpaired) electrons. The predicted molar refractivity (Wildman–Crippen MR) is 141 cm³/mol. The average Bonchev–Trinajstić information content (AvgIpc) is 2.90. The topological polar surface area (TPSA) is 76.3 Å². The van der Waals surface area contributed by atoms with E-state index < -0.39 is 11.9 Å². The Morgan fingerprint density at radius 1 is 1.18 bits per heavy atom. The fourth-order valence-corrected chi connectivity index (χ4v) is 4.85. The van der Waals surface area contributed by atoms with E-state index in [0.717, 1.165) is 30.2 Å². The fraction of sp³-hybridized carbons (Fsp3) is 0.320. The van der Waals surface area contributed by atoms with Gasteiger partial charge in [0.05, 0.1) is 35.0 Å². The molecular weight excluding hydrogens is 496 g/mol. The number of Topliss-reactive ketones (excluding diaryl/α,β-unsaturated/α-hetero) is 1. The lowest BCUT2D eigenvalue weighted by molar-refractivity contribution is -0.119. The van der Waals surface area contributed by atoms with Crippen molar-refractivity contribution in [2.45, 2.75) is 50.1 Å². The Bertz CT molecular complexity index is 1180. The second-order valence-corrected chi connectivity index (χ2v) is 9.08. The molecule has 182 valence electrons. The smallest absolute Gasteiger partial charge is 0.245 e. The molecule has 1 atom stereocenters. The number of hydrogen-bond donors (Lipinski definition) is 1. The van der Waals surface area contributed by atoms with Crippen molar-refractivity contribution in [2.75, 3.05) is 10.7 Å². The summed E-state index contributed by atoms with van der Waals surface area (Å²) in [6.45, 7) is 2.25. The number of rotatable bonds is 7. The highest BCUT2D eigenvalue weighted by atomic mass is 35.5. The van der Waals surface area contributed by atoms with E-state index in [9.17, 15) is 14.0 Å². The van der Waals surface area contributed by atoms with Crippen molar-refractivity contribution in [3.63, 3.8) is 0 Å². The summed E-state index contributed by atoms with van der Waals surface area (Å²) in [4.78, 5) is 32.6. The maximum Gasteiger partial charge on any atom is 0.245 e. The van der Waals surface area contributed by atoms with Crippen LogP contribution in [0.4, 0.5) is 10.1 Å². The van der Waals surface area contributed by atoms with Gasteiger partial charge < -0.3 is 10.6 Å². The molecule has 1 aromatic heterocycles. The number of anilines is 1. The van der Waals surface area contributed by atoms with Crippen molar-refractivity contribution >= 4 is 64.9 Å². The standard InChI is InChI=1S/C25H26FN3O2S.2ClH/c1-2-3-4-9-23(30)18-12-22-24(13-19(18)26)32-15-20(27)25(31)29(22)14-17-11-10-16-7-5-6-8-21(16)28-17;;/h5-8,10-13,20H,2-4,9,14-15,27H2,1H3;2*1H/t20-;;/m0../s1. The zero-order chi connectivity index (χ0) is 22.7. The summed E-state index contributed by atoms with van der Waals surface area (Å²) in [5.41, 5.74) is 8.19. The van der Waals surface area contributed by atoms with Gasteiger partial charge in [-0.3, -0.25) is 14.6 Å². The Balaban J connectivity index is 0.00000204. The molecule has 2 N–H and O–H groups in total. The van der Waals surface area contributed by atoms with Gasteiger partial charge in [-0.2, -0.15) is 0 Å². The average molecular weight is 524 g/mol. The van der Waals surface area contributed by atoms with Crippen LogP contribution in [0.2, 0.25) is 0 Å². The number of aromatic nitrogens is 1. The minimum Gasteiger partial charge on any atom is -0.319 e. The number of carbonyl (C=O) groups excluding carboxylic acids is 2. The number of benzene rings is 2. The molecule has 1 aliphatic rings. The van der Waals surface area contributed by atoms with Gasteiger partial charge in [0.15, 0.2) is 5.78 Å². The first-order valence-electron chi connectivity index (χ1n) is 10.9. The molecule has 0 fully saturated rings. The number of nitrogens with two attached hydrogens (primary N) is 1. The Morgan fingerprint density at radius 2 is 1.94 bits per heavy atom.